The summed E-state index contributed by atoms with van der Waals surface area (Å²) in [7, 11) is 1.67. The van der Waals surface area contributed by atoms with Gasteiger partial charge in [-0.3, -0.25) is 4.79 Å². The maximum atomic E-state index is 12.6. The summed E-state index contributed by atoms with van der Waals surface area (Å²) >= 11 is 0. The smallest absolute Gasteiger partial charge is 0.306 e. The zero-order chi connectivity index (χ0) is 21.6. The summed E-state index contributed by atoms with van der Waals surface area (Å²) in [6, 6.07) is 9.79. The first-order valence-electron chi connectivity index (χ1n) is 9.34. The molecule has 2 N–H and O–H groups in total. The molecule has 1 aromatic heterocycles. The molecule has 158 valence electrons. The van der Waals surface area contributed by atoms with E-state index in [0.29, 0.717) is 16.7 Å². The molecule has 0 fully saturated rings. The van der Waals surface area contributed by atoms with Crippen molar-refractivity contribution in [1.82, 2.24) is 15.2 Å². The number of ether oxygens (including phenoxy) is 1. The number of nitrogens with zero attached hydrogens (tertiary/aromatic N) is 1. The Morgan fingerprint density at radius 1 is 1.17 bits per heavy atom. The summed E-state index contributed by atoms with van der Waals surface area (Å²) in [5.41, 5.74) is 4.33. The number of carbonyl (C=O) groups excluding carboxylic acids is 1. The Balaban J connectivity index is 1.89. The van der Waals surface area contributed by atoms with E-state index in [9.17, 15) is 13.2 Å². The van der Waals surface area contributed by atoms with Crippen LogP contribution in [0.15, 0.2) is 30.3 Å². The maximum Gasteiger partial charge on any atom is 0.306 e. The Morgan fingerprint density at radius 2 is 1.93 bits per heavy atom. The summed E-state index contributed by atoms with van der Waals surface area (Å²) in [4.78, 5) is 18.0. The molecule has 1 amide bonds. The molecular formula is C21H23N3O5S. The van der Waals surface area contributed by atoms with Crippen LogP contribution in [0.1, 0.15) is 21.5 Å². The average molecular weight is 429 g/mol. The van der Waals surface area contributed by atoms with E-state index in [2.05, 4.69) is 27.3 Å². The number of rotatable bonds is 6. The summed E-state index contributed by atoms with van der Waals surface area (Å²) in [6.45, 7) is 0.982. The third-order valence-corrected chi connectivity index (χ3v) is 5.40. The van der Waals surface area contributed by atoms with E-state index in [1.54, 1.807) is 6.07 Å². The quantitative estimate of drug-likeness (QED) is 0.584. The highest BCUT2D eigenvalue weighted by Crippen LogP contribution is 2.43. The molecule has 0 aliphatic carbocycles. The third kappa shape index (κ3) is 3.73. The fraction of sp³-hybridized carbons (Fsp3) is 0.286. The number of aromatic nitrogens is 1. The SMILES string of the molecule is COc1cc(-c2cc3cc(CN(C)C)ccc3[nH]2)c2c(c1OS(C)(=O)=O)CNC2=O. The van der Waals surface area contributed by atoms with Crippen LogP contribution < -0.4 is 14.2 Å². The minimum absolute atomic E-state index is 0.0430. The van der Waals surface area contributed by atoms with Crippen LogP contribution >= 0.6 is 0 Å². The topological polar surface area (TPSA) is 101 Å². The zero-order valence-corrected chi connectivity index (χ0v) is 18.0. The molecule has 0 spiro atoms. The van der Waals surface area contributed by atoms with Crippen LogP contribution in [0, 0.1) is 0 Å². The van der Waals surface area contributed by atoms with E-state index in [1.165, 1.54) is 12.7 Å². The number of carbonyl (C=O) groups is 1. The molecule has 0 unspecified atom stereocenters. The lowest BCUT2D eigenvalue weighted by molar-refractivity contribution is 0.0966. The Kier molecular flexibility index (Phi) is 4.95. The first-order valence-corrected chi connectivity index (χ1v) is 11.2. The Hall–Kier alpha value is -3.04. The van der Waals surface area contributed by atoms with Gasteiger partial charge in [0.2, 0.25) is 0 Å². The molecule has 4 rings (SSSR count). The van der Waals surface area contributed by atoms with Crippen molar-refractivity contribution in [3.05, 3.63) is 47.0 Å². The second kappa shape index (κ2) is 7.33. The van der Waals surface area contributed by atoms with Gasteiger partial charge in [0, 0.05) is 40.8 Å². The minimum atomic E-state index is -3.79. The molecular weight excluding hydrogens is 406 g/mol. The average Bonchev–Trinajstić information content (AvgIpc) is 3.24. The van der Waals surface area contributed by atoms with Gasteiger partial charge in [0.15, 0.2) is 11.5 Å². The van der Waals surface area contributed by atoms with Crippen LogP contribution in [0.3, 0.4) is 0 Å². The second-order valence-electron chi connectivity index (χ2n) is 7.62. The lowest BCUT2D eigenvalue weighted by atomic mass is 9.98. The van der Waals surface area contributed by atoms with E-state index >= 15 is 0 Å². The molecule has 0 saturated heterocycles. The molecule has 1 aliphatic rings. The minimum Gasteiger partial charge on any atom is -0.493 e. The summed E-state index contributed by atoms with van der Waals surface area (Å²) in [5, 5.41) is 3.77. The lowest BCUT2D eigenvalue weighted by Crippen LogP contribution is -2.13. The lowest BCUT2D eigenvalue weighted by Gasteiger charge is -2.15. The fourth-order valence-electron chi connectivity index (χ4n) is 3.78. The van der Waals surface area contributed by atoms with Crippen LogP contribution in [0.5, 0.6) is 11.5 Å². The normalized spacial score (nSPS) is 13.6. The van der Waals surface area contributed by atoms with Gasteiger partial charge in [-0.15, -0.1) is 0 Å². The van der Waals surface area contributed by atoms with E-state index in [4.69, 9.17) is 8.92 Å². The zero-order valence-electron chi connectivity index (χ0n) is 17.2. The van der Waals surface area contributed by atoms with Gasteiger partial charge in [0.25, 0.3) is 5.91 Å². The van der Waals surface area contributed by atoms with E-state index in [0.717, 1.165) is 29.4 Å². The second-order valence-corrected chi connectivity index (χ2v) is 9.20. The molecule has 0 radical (unpaired) electrons. The number of amides is 1. The van der Waals surface area contributed by atoms with E-state index in [-0.39, 0.29) is 24.0 Å². The summed E-state index contributed by atoms with van der Waals surface area (Å²) in [5.74, 6) is 0.00654. The van der Waals surface area contributed by atoms with Crippen molar-refractivity contribution in [3.63, 3.8) is 0 Å². The molecule has 30 heavy (non-hydrogen) atoms. The number of methoxy groups -OCH3 is 1. The fourth-order valence-corrected chi connectivity index (χ4v) is 4.26. The van der Waals surface area contributed by atoms with Crippen LogP contribution in [0.2, 0.25) is 0 Å². The number of fused-ring (bicyclic) bond motifs is 2. The van der Waals surface area contributed by atoms with Crippen molar-refractivity contribution < 1.29 is 22.1 Å². The van der Waals surface area contributed by atoms with Crippen molar-refractivity contribution in [1.29, 1.82) is 0 Å². The largest absolute Gasteiger partial charge is 0.493 e. The van der Waals surface area contributed by atoms with Crippen LogP contribution in [0.25, 0.3) is 22.2 Å². The molecule has 0 bridgehead atoms. The molecule has 9 heteroatoms. The Labute approximate surface area is 174 Å². The van der Waals surface area contributed by atoms with Crippen LogP contribution in [-0.4, -0.2) is 51.7 Å². The summed E-state index contributed by atoms with van der Waals surface area (Å²) < 4.78 is 34.0. The number of hydrogen-bond acceptors (Lipinski definition) is 6. The number of aromatic amines is 1. The highest BCUT2D eigenvalue weighted by Gasteiger charge is 2.31. The van der Waals surface area contributed by atoms with Crippen LogP contribution in [-0.2, 0) is 23.2 Å². The molecule has 1 aliphatic heterocycles. The first-order chi connectivity index (χ1) is 14.2. The van der Waals surface area contributed by atoms with Gasteiger partial charge in [-0.1, -0.05) is 6.07 Å². The predicted molar refractivity (Wildman–Crippen MR) is 114 cm³/mol. The van der Waals surface area contributed by atoms with Crippen molar-refractivity contribution in [2.75, 3.05) is 27.5 Å². The van der Waals surface area contributed by atoms with E-state index < -0.39 is 10.1 Å². The third-order valence-electron chi connectivity index (χ3n) is 4.93. The highest BCUT2D eigenvalue weighted by molar-refractivity contribution is 7.86. The molecule has 0 saturated carbocycles. The molecule has 3 aromatic rings. The Morgan fingerprint density at radius 3 is 2.60 bits per heavy atom. The van der Waals surface area contributed by atoms with Crippen molar-refractivity contribution in [3.8, 4) is 22.8 Å². The Bertz CT molecular complexity index is 1260. The summed E-state index contributed by atoms with van der Waals surface area (Å²) in [6.07, 6.45) is 0.958. The van der Waals surface area contributed by atoms with Gasteiger partial charge >= 0.3 is 10.1 Å². The molecule has 0 atom stereocenters. The maximum absolute atomic E-state index is 12.6. The monoisotopic (exact) mass is 429 g/mol. The van der Waals surface area contributed by atoms with Gasteiger partial charge in [0.1, 0.15) is 0 Å². The van der Waals surface area contributed by atoms with Gasteiger partial charge in [-0.05, 0) is 43.9 Å². The van der Waals surface area contributed by atoms with Crippen molar-refractivity contribution in [2.24, 2.45) is 0 Å². The molecule has 8 nitrogen and oxygen atoms in total. The molecule has 2 aromatic carbocycles. The number of benzene rings is 2. The molecule has 2 heterocycles. The van der Waals surface area contributed by atoms with Crippen LogP contribution in [0.4, 0.5) is 0 Å². The van der Waals surface area contributed by atoms with Crippen molar-refractivity contribution >= 4 is 26.9 Å². The van der Waals surface area contributed by atoms with Gasteiger partial charge in [-0.25, -0.2) is 0 Å². The number of hydrogen-bond donors (Lipinski definition) is 2. The highest BCUT2D eigenvalue weighted by atomic mass is 32.2. The van der Waals surface area contributed by atoms with Gasteiger partial charge in [-0.2, -0.15) is 8.42 Å². The standard InChI is InChI=1S/C21H23N3O5S/c1-24(2)11-12-5-6-16-13(7-12)8-17(23-16)14-9-18(28-3)20(29-30(4,26)27)15-10-22-21(25)19(14)15/h5-9,23H,10-11H2,1-4H3,(H,22,25). The van der Waals surface area contributed by atoms with Crippen molar-refractivity contribution in [2.45, 2.75) is 13.1 Å². The van der Waals surface area contributed by atoms with Gasteiger partial charge in [0.05, 0.1) is 18.9 Å². The van der Waals surface area contributed by atoms with E-state index in [1.807, 2.05) is 26.2 Å². The first kappa shape index (κ1) is 20.2. The van der Waals surface area contributed by atoms with Gasteiger partial charge < -0.3 is 24.1 Å². The number of nitrogens with one attached hydrogen (secondary N) is 2. The predicted octanol–water partition coefficient (Wildman–Crippen LogP) is 2.49. The number of H-pyrrole nitrogens is 1.